The lowest BCUT2D eigenvalue weighted by Gasteiger charge is -2.20. The van der Waals surface area contributed by atoms with Gasteiger partial charge in [-0.05, 0) is 50.2 Å². The van der Waals surface area contributed by atoms with Crippen molar-refractivity contribution in [3.05, 3.63) is 86.4 Å². The summed E-state index contributed by atoms with van der Waals surface area (Å²) < 4.78 is 47.1. The lowest BCUT2D eigenvalue weighted by Crippen LogP contribution is -2.16. The van der Waals surface area contributed by atoms with Gasteiger partial charge in [0.05, 0.1) is 22.7 Å². The van der Waals surface area contributed by atoms with E-state index in [1.54, 1.807) is 18.2 Å². The van der Waals surface area contributed by atoms with Gasteiger partial charge in [0.25, 0.3) is 0 Å². The van der Waals surface area contributed by atoms with Gasteiger partial charge in [0.15, 0.2) is 16.9 Å². The molecule has 0 bridgehead atoms. The molecule has 0 aliphatic heterocycles. The van der Waals surface area contributed by atoms with Crippen molar-refractivity contribution in [2.24, 2.45) is 0 Å². The average molecular weight is 504 g/mol. The molecule has 0 fully saturated rings. The quantitative estimate of drug-likeness (QED) is 0.317. The van der Waals surface area contributed by atoms with Gasteiger partial charge < -0.3 is 14.8 Å². The molecule has 3 aromatic heterocycles. The van der Waals surface area contributed by atoms with Crippen LogP contribution >= 0.6 is 11.6 Å². The van der Waals surface area contributed by atoms with E-state index in [1.165, 1.54) is 32.2 Å². The molecule has 0 amide bonds. The Morgan fingerprint density at radius 1 is 1.20 bits per heavy atom. The van der Waals surface area contributed by atoms with Crippen LogP contribution in [0.5, 0.6) is 0 Å². The highest BCUT2D eigenvalue weighted by Crippen LogP contribution is 2.37. The van der Waals surface area contributed by atoms with Crippen LogP contribution in [0.25, 0.3) is 22.4 Å². The van der Waals surface area contributed by atoms with Crippen molar-refractivity contribution in [3.63, 3.8) is 0 Å². The molecule has 1 unspecified atom stereocenters. The predicted octanol–water partition coefficient (Wildman–Crippen LogP) is 6.10. The molecular weight excluding hydrogens is 487 g/mol. The molecule has 4 aromatic rings. The molecule has 180 valence electrons. The molecule has 11 heteroatoms. The molecule has 0 saturated heterocycles. The summed E-state index contributed by atoms with van der Waals surface area (Å²) in [5.41, 5.74) is -1.69. The van der Waals surface area contributed by atoms with E-state index in [1.807, 2.05) is 0 Å². The van der Waals surface area contributed by atoms with E-state index in [9.17, 15) is 27.9 Å². The van der Waals surface area contributed by atoms with E-state index in [2.05, 4.69) is 15.3 Å². The Kier molecular flexibility index (Phi) is 6.25. The maximum atomic E-state index is 13.7. The molecular formula is C24H17ClF3N3O4. The summed E-state index contributed by atoms with van der Waals surface area (Å²) in [4.78, 5) is 32.7. The first kappa shape index (κ1) is 24.2. The summed E-state index contributed by atoms with van der Waals surface area (Å²) in [5.74, 6) is -1.26. The molecule has 4 rings (SSSR count). The summed E-state index contributed by atoms with van der Waals surface area (Å²) in [5, 5.41) is 12.0. The Balaban J connectivity index is 1.96. The fourth-order valence-electron chi connectivity index (χ4n) is 3.67. The molecule has 0 radical (unpaired) electrons. The first-order valence-corrected chi connectivity index (χ1v) is 10.6. The van der Waals surface area contributed by atoms with Crippen LogP contribution in [-0.4, -0.2) is 21.0 Å². The van der Waals surface area contributed by atoms with Crippen LogP contribution in [0.15, 0.2) is 57.9 Å². The summed E-state index contributed by atoms with van der Waals surface area (Å²) in [6, 6.07) is 8.35. The Morgan fingerprint density at radius 3 is 2.57 bits per heavy atom. The molecule has 1 aromatic carbocycles. The normalized spacial score (nSPS) is 12.5. The number of aromatic carboxylic acids is 1. The number of nitrogens with one attached hydrogen (secondary N) is 1. The van der Waals surface area contributed by atoms with Gasteiger partial charge in [-0.2, -0.15) is 13.2 Å². The zero-order chi connectivity index (χ0) is 25.5. The number of hydrogen-bond donors (Lipinski definition) is 2. The number of nitrogens with zero attached hydrogens (tertiary/aromatic N) is 2. The Morgan fingerprint density at radius 2 is 1.94 bits per heavy atom. The van der Waals surface area contributed by atoms with E-state index in [4.69, 9.17) is 16.0 Å². The van der Waals surface area contributed by atoms with Crippen LogP contribution < -0.4 is 10.7 Å². The lowest BCUT2D eigenvalue weighted by atomic mass is 9.98. The number of carboxylic acid groups (broad SMARTS) is 1. The van der Waals surface area contributed by atoms with Crippen molar-refractivity contribution in [2.75, 3.05) is 5.32 Å². The van der Waals surface area contributed by atoms with Crippen LogP contribution in [-0.2, 0) is 6.18 Å². The van der Waals surface area contributed by atoms with Gasteiger partial charge in [0, 0.05) is 17.3 Å². The van der Waals surface area contributed by atoms with E-state index in [0.717, 1.165) is 12.1 Å². The Bertz CT molecular complexity index is 1500. The predicted molar refractivity (Wildman–Crippen MR) is 124 cm³/mol. The van der Waals surface area contributed by atoms with Gasteiger partial charge in [-0.15, -0.1) is 0 Å². The number of carboxylic acids is 1. The van der Waals surface area contributed by atoms with Crippen LogP contribution in [0.4, 0.5) is 18.9 Å². The second-order valence-electron chi connectivity index (χ2n) is 7.74. The minimum Gasteiger partial charge on any atom is -0.476 e. The topological polar surface area (TPSA) is 105 Å². The van der Waals surface area contributed by atoms with Crippen molar-refractivity contribution in [3.8, 4) is 11.5 Å². The zero-order valence-corrected chi connectivity index (χ0v) is 19.0. The fraction of sp³-hybridized carbons (Fsp3) is 0.167. The van der Waals surface area contributed by atoms with E-state index >= 15 is 0 Å². The van der Waals surface area contributed by atoms with Crippen molar-refractivity contribution >= 4 is 34.2 Å². The molecule has 0 spiro atoms. The van der Waals surface area contributed by atoms with E-state index in [0.29, 0.717) is 5.69 Å². The Labute approximate surface area is 201 Å². The monoisotopic (exact) mass is 503 g/mol. The molecule has 0 aliphatic carbocycles. The number of benzene rings is 1. The number of hydrogen-bond acceptors (Lipinski definition) is 6. The third kappa shape index (κ3) is 4.69. The minimum atomic E-state index is -4.74. The first-order chi connectivity index (χ1) is 16.5. The summed E-state index contributed by atoms with van der Waals surface area (Å²) >= 11 is 5.79. The number of fused-ring (bicyclic) bond motifs is 1. The molecule has 2 N–H and O–H groups in total. The van der Waals surface area contributed by atoms with Gasteiger partial charge in [0.2, 0.25) is 0 Å². The number of halogens is 4. The minimum absolute atomic E-state index is 0.00426. The average Bonchev–Trinajstić information content (AvgIpc) is 2.81. The number of anilines is 1. The van der Waals surface area contributed by atoms with Crippen LogP contribution in [0.1, 0.15) is 40.1 Å². The van der Waals surface area contributed by atoms with E-state index < -0.39 is 34.9 Å². The van der Waals surface area contributed by atoms with Gasteiger partial charge in [-0.1, -0.05) is 17.7 Å². The molecule has 35 heavy (non-hydrogen) atoms. The van der Waals surface area contributed by atoms with Crippen LogP contribution in [0, 0.1) is 6.92 Å². The highest BCUT2D eigenvalue weighted by Gasteiger charge is 2.33. The molecule has 3 heterocycles. The van der Waals surface area contributed by atoms with E-state index in [-0.39, 0.29) is 38.7 Å². The fourth-order valence-corrected chi connectivity index (χ4v) is 3.82. The van der Waals surface area contributed by atoms with Gasteiger partial charge in [-0.25, -0.2) is 9.78 Å². The zero-order valence-electron chi connectivity index (χ0n) is 18.3. The smallest absolute Gasteiger partial charge is 0.416 e. The second kappa shape index (κ2) is 9.03. The molecule has 0 saturated carbocycles. The number of alkyl halides is 3. The van der Waals surface area contributed by atoms with Gasteiger partial charge in [-0.3, -0.25) is 9.78 Å². The molecule has 1 atom stereocenters. The molecule has 0 aliphatic rings. The van der Waals surface area contributed by atoms with Crippen molar-refractivity contribution in [1.29, 1.82) is 0 Å². The van der Waals surface area contributed by atoms with Crippen molar-refractivity contribution < 1.29 is 27.5 Å². The summed E-state index contributed by atoms with van der Waals surface area (Å²) in [7, 11) is 0. The molecule has 7 nitrogen and oxygen atoms in total. The first-order valence-electron chi connectivity index (χ1n) is 10.2. The standard InChI is InChI=1S/C24H17ClF3N3O4/c1-11-20(32)15-10-13(24(26,27)28)9-14(22(15)35-21(11)17-5-3-4-8-29-17)12(2)30-16-6-7-18(25)31-19(16)23(33)34/h3-10,12,30H,1-2H3,(H,33,34). The number of pyridine rings is 2. The number of aromatic nitrogens is 2. The lowest BCUT2D eigenvalue weighted by molar-refractivity contribution is -0.137. The summed E-state index contributed by atoms with van der Waals surface area (Å²) in [6.07, 6.45) is -3.24. The van der Waals surface area contributed by atoms with Gasteiger partial charge >= 0.3 is 12.1 Å². The van der Waals surface area contributed by atoms with Gasteiger partial charge in [0.1, 0.15) is 16.4 Å². The third-order valence-corrected chi connectivity index (χ3v) is 5.59. The second-order valence-corrected chi connectivity index (χ2v) is 8.13. The SMILES string of the molecule is Cc1c(-c2ccccn2)oc2c(C(C)Nc3ccc(Cl)nc3C(=O)O)cc(C(F)(F)F)cc2c1=O. The third-order valence-electron chi connectivity index (χ3n) is 5.37. The highest BCUT2D eigenvalue weighted by molar-refractivity contribution is 6.29. The largest absolute Gasteiger partial charge is 0.476 e. The Hall–Kier alpha value is -3.92. The maximum absolute atomic E-state index is 13.7. The van der Waals surface area contributed by atoms with Crippen molar-refractivity contribution in [2.45, 2.75) is 26.1 Å². The van der Waals surface area contributed by atoms with Crippen molar-refractivity contribution in [1.82, 2.24) is 9.97 Å². The van der Waals surface area contributed by atoms with Crippen LogP contribution in [0.3, 0.4) is 0 Å². The maximum Gasteiger partial charge on any atom is 0.416 e. The number of rotatable bonds is 5. The number of carbonyl (C=O) groups is 1. The highest BCUT2D eigenvalue weighted by atomic mass is 35.5. The summed E-state index contributed by atoms with van der Waals surface area (Å²) in [6.45, 7) is 2.96. The van der Waals surface area contributed by atoms with Crippen LogP contribution in [0.2, 0.25) is 5.15 Å².